The Balaban J connectivity index is 2.06. The molecule has 10 heteroatoms. The Morgan fingerprint density at radius 3 is 1.90 bits per heavy atom. The summed E-state index contributed by atoms with van der Waals surface area (Å²) < 4.78 is 53.3. The van der Waals surface area contributed by atoms with Gasteiger partial charge in [0.25, 0.3) is 5.91 Å². The van der Waals surface area contributed by atoms with Gasteiger partial charge in [0.2, 0.25) is 20.0 Å². The summed E-state index contributed by atoms with van der Waals surface area (Å²) in [6.45, 7) is 7.01. The molecular formula is C20H27N3O5S2. The number of amides is 1. The molecule has 0 spiro atoms. The Morgan fingerprint density at radius 1 is 0.867 bits per heavy atom. The summed E-state index contributed by atoms with van der Waals surface area (Å²) >= 11 is 0. The zero-order valence-corrected chi connectivity index (χ0v) is 19.0. The minimum absolute atomic E-state index is 0.0302. The maximum absolute atomic E-state index is 12.4. The fourth-order valence-corrected chi connectivity index (χ4v) is 5.12. The van der Waals surface area contributed by atoms with Gasteiger partial charge in [-0.15, -0.1) is 0 Å². The molecule has 2 aromatic carbocycles. The topological polar surface area (TPSA) is 121 Å². The van der Waals surface area contributed by atoms with Gasteiger partial charge in [-0.05, 0) is 75.7 Å². The van der Waals surface area contributed by atoms with Gasteiger partial charge in [0, 0.05) is 22.5 Å². The lowest BCUT2D eigenvalue weighted by atomic mass is 10.1. The molecule has 3 N–H and O–H groups in total. The second-order valence-corrected chi connectivity index (χ2v) is 11.4. The maximum Gasteiger partial charge on any atom is 0.255 e. The van der Waals surface area contributed by atoms with Gasteiger partial charge in [-0.25, -0.2) is 21.6 Å². The summed E-state index contributed by atoms with van der Waals surface area (Å²) in [4.78, 5) is 12.5. The van der Waals surface area contributed by atoms with Crippen molar-refractivity contribution in [2.75, 3.05) is 15.8 Å². The van der Waals surface area contributed by atoms with Crippen LogP contribution < -0.4 is 14.8 Å². The van der Waals surface area contributed by atoms with Crippen molar-refractivity contribution in [3.8, 4) is 0 Å². The molecule has 0 aliphatic heterocycles. The molecule has 30 heavy (non-hydrogen) atoms. The van der Waals surface area contributed by atoms with Gasteiger partial charge >= 0.3 is 0 Å². The lowest BCUT2D eigenvalue weighted by Crippen LogP contribution is -2.40. The molecule has 0 atom stereocenters. The van der Waals surface area contributed by atoms with Crippen molar-refractivity contribution in [2.24, 2.45) is 0 Å². The van der Waals surface area contributed by atoms with Crippen LogP contribution in [-0.4, -0.2) is 34.0 Å². The van der Waals surface area contributed by atoms with Gasteiger partial charge < -0.3 is 5.32 Å². The number of anilines is 2. The average molecular weight is 454 g/mol. The highest BCUT2D eigenvalue weighted by atomic mass is 32.2. The van der Waals surface area contributed by atoms with Crippen LogP contribution in [-0.2, 0) is 20.0 Å². The molecule has 164 valence electrons. The summed E-state index contributed by atoms with van der Waals surface area (Å²) in [7, 11) is -7.06. The van der Waals surface area contributed by atoms with E-state index in [1.54, 1.807) is 52.0 Å². The number of carbonyl (C=O) groups excluding carboxylic acids is 1. The summed E-state index contributed by atoms with van der Waals surface area (Å²) in [5, 5.41) is 2.69. The van der Waals surface area contributed by atoms with Crippen LogP contribution in [0.15, 0.2) is 53.4 Å². The predicted octanol–water partition coefficient (Wildman–Crippen LogP) is 3.17. The third-order valence-electron chi connectivity index (χ3n) is 3.76. The number of hydrogen-bond donors (Lipinski definition) is 3. The Morgan fingerprint density at radius 2 is 1.40 bits per heavy atom. The molecule has 2 rings (SSSR count). The zero-order chi connectivity index (χ0) is 22.6. The van der Waals surface area contributed by atoms with E-state index in [0.29, 0.717) is 17.8 Å². The minimum atomic E-state index is -3.68. The minimum Gasteiger partial charge on any atom is -0.322 e. The van der Waals surface area contributed by atoms with E-state index in [9.17, 15) is 21.6 Å². The van der Waals surface area contributed by atoms with Gasteiger partial charge in [-0.1, -0.05) is 6.92 Å². The first-order valence-corrected chi connectivity index (χ1v) is 12.5. The van der Waals surface area contributed by atoms with E-state index in [2.05, 4.69) is 14.8 Å². The van der Waals surface area contributed by atoms with E-state index in [1.165, 1.54) is 24.3 Å². The van der Waals surface area contributed by atoms with Crippen molar-refractivity contribution in [3.05, 3.63) is 54.1 Å². The Kier molecular flexibility index (Phi) is 7.27. The number of rotatable bonds is 8. The molecule has 0 unspecified atom stereocenters. The molecule has 0 heterocycles. The second-order valence-electron chi connectivity index (χ2n) is 7.83. The Bertz CT molecular complexity index is 1090. The Labute approximate surface area is 178 Å². The monoisotopic (exact) mass is 453 g/mol. The number of nitrogens with one attached hydrogen (secondary N) is 3. The molecule has 0 saturated carbocycles. The highest BCUT2D eigenvalue weighted by Crippen LogP contribution is 2.18. The number of hydrogen-bond acceptors (Lipinski definition) is 5. The van der Waals surface area contributed by atoms with Gasteiger partial charge in [-0.2, -0.15) is 0 Å². The molecule has 0 aliphatic rings. The largest absolute Gasteiger partial charge is 0.322 e. The van der Waals surface area contributed by atoms with Crippen LogP contribution in [0.4, 0.5) is 11.4 Å². The van der Waals surface area contributed by atoms with Crippen LogP contribution in [0.5, 0.6) is 0 Å². The fraction of sp³-hybridized carbons (Fsp3) is 0.350. The van der Waals surface area contributed by atoms with Crippen molar-refractivity contribution in [3.63, 3.8) is 0 Å². The summed E-state index contributed by atoms with van der Waals surface area (Å²) in [6.07, 6.45) is 0.510. The quantitative estimate of drug-likeness (QED) is 0.567. The van der Waals surface area contributed by atoms with Crippen molar-refractivity contribution >= 4 is 37.3 Å². The molecule has 0 fully saturated rings. The van der Waals surface area contributed by atoms with Crippen LogP contribution >= 0.6 is 0 Å². The average Bonchev–Trinajstić information content (AvgIpc) is 2.61. The van der Waals surface area contributed by atoms with Gasteiger partial charge in [0.15, 0.2) is 0 Å². The Hall–Kier alpha value is -2.43. The van der Waals surface area contributed by atoms with Crippen molar-refractivity contribution in [1.29, 1.82) is 0 Å². The highest BCUT2D eigenvalue weighted by molar-refractivity contribution is 7.92. The van der Waals surface area contributed by atoms with Crippen LogP contribution in [0, 0.1) is 0 Å². The van der Waals surface area contributed by atoms with Crippen molar-refractivity contribution in [1.82, 2.24) is 4.72 Å². The molecule has 0 aromatic heterocycles. The molecule has 1 amide bonds. The maximum atomic E-state index is 12.4. The van der Waals surface area contributed by atoms with Crippen LogP contribution in [0.25, 0.3) is 0 Å². The van der Waals surface area contributed by atoms with E-state index < -0.39 is 31.5 Å². The predicted molar refractivity (Wildman–Crippen MR) is 119 cm³/mol. The SMILES string of the molecule is CCCS(=O)(=O)Nc1ccc(NC(=O)c2ccc(S(=O)(=O)NC(C)(C)C)cc2)cc1. The molecular weight excluding hydrogens is 426 g/mol. The molecule has 0 aliphatic carbocycles. The van der Waals surface area contributed by atoms with Crippen molar-refractivity contribution in [2.45, 2.75) is 44.6 Å². The van der Waals surface area contributed by atoms with Gasteiger partial charge in [0.1, 0.15) is 0 Å². The molecule has 0 bridgehead atoms. The fourth-order valence-electron chi connectivity index (χ4n) is 2.57. The molecule has 2 aromatic rings. The highest BCUT2D eigenvalue weighted by Gasteiger charge is 2.22. The number of benzene rings is 2. The first-order chi connectivity index (χ1) is 13.8. The number of carbonyl (C=O) groups is 1. The lowest BCUT2D eigenvalue weighted by Gasteiger charge is -2.20. The summed E-state index contributed by atoms with van der Waals surface area (Å²) in [5.74, 6) is -0.385. The van der Waals surface area contributed by atoms with Gasteiger partial charge in [0.05, 0.1) is 10.6 Å². The lowest BCUT2D eigenvalue weighted by molar-refractivity contribution is 0.102. The smallest absolute Gasteiger partial charge is 0.255 e. The first kappa shape index (κ1) is 23.8. The standard InChI is InChI=1S/C20H27N3O5S2/c1-5-14-29(25,26)22-17-10-8-16(9-11-17)21-19(24)15-6-12-18(13-7-15)30(27,28)23-20(2,3)4/h6-13,22-23H,5,14H2,1-4H3,(H,21,24). The normalized spacial score (nSPS) is 12.4. The molecule has 0 saturated heterocycles. The molecule has 0 radical (unpaired) electrons. The van der Waals surface area contributed by atoms with E-state index in [0.717, 1.165) is 0 Å². The third kappa shape index (κ3) is 7.12. The van der Waals surface area contributed by atoms with Crippen LogP contribution in [0.2, 0.25) is 0 Å². The zero-order valence-electron chi connectivity index (χ0n) is 17.4. The van der Waals surface area contributed by atoms with E-state index in [-0.39, 0.29) is 16.2 Å². The van der Waals surface area contributed by atoms with Crippen LogP contribution in [0.1, 0.15) is 44.5 Å². The summed E-state index contributed by atoms with van der Waals surface area (Å²) in [5.41, 5.74) is 0.551. The second kappa shape index (κ2) is 9.15. The molecule has 8 nitrogen and oxygen atoms in total. The van der Waals surface area contributed by atoms with E-state index >= 15 is 0 Å². The van der Waals surface area contributed by atoms with Crippen molar-refractivity contribution < 1.29 is 21.6 Å². The van der Waals surface area contributed by atoms with Gasteiger partial charge in [-0.3, -0.25) is 9.52 Å². The van der Waals surface area contributed by atoms with Crippen LogP contribution in [0.3, 0.4) is 0 Å². The van der Waals surface area contributed by atoms with E-state index in [4.69, 9.17) is 0 Å². The summed E-state index contributed by atoms with van der Waals surface area (Å²) in [6, 6.07) is 11.9. The first-order valence-electron chi connectivity index (χ1n) is 9.37. The van der Waals surface area contributed by atoms with E-state index in [1.807, 2.05) is 0 Å². The third-order valence-corrected chi connectivity index (χ3v) is 7.02. The number of sulfonamides is 2.